The summed E-state index contributed by atoms with van der Waals surface area (Å²) in [7, 11) is -2.42. The van der Waals surface area contributed by atoms with Gasteiger partial charge in [-0.2, -0.15) is 11.8 Å². The third kappa shape index (κ3) is 4.03. The van der Waals surface area contributed by atoms with E-state index in [1.807, 2.05) is 16.7 Å². The molecular formula is C5H11NO3PS+. The second-order valence-corrected chi connectivity index (χ2v) is 4.19. The molecule has 0 amide bonds. The molecule has 0 aliphatic carbocycles. The topological polar surface area (TPSA) is 49.8 Å². The molecule has 1 saturated heterocycles. The first-order chi connectivity index (χ1) is 5.29. The lowest BCUT2D eigenvalue weighted by Gasteiger charge is -2.22. The van der Waals surface area contributed by atoms with Crippen molar-refractivity contribution in [2.45, 2.75) is 0 Å². The van der Waals surface area contributed by atoms with Crippen LogP contribution in [0.5, 0.6) is 0 Å². The largest absolute Gasteiger partial charge is 0.696 e. The Morgan fingerprint density at radius 3 is 2.73 bits per heavy atom. The normalized spacial score (nSPS) is 21.7. The Kier molecular flexibility index (Phi) is 4.33. The zero-order valence-electron chi connectivity index (χ0n) is 6.10. The molecule has 11 heavy (non-hydrogen) atoms. The number of hydrogen-bond donors (Lipinski definition) is 1. The summed E-state index contributed by atoms with van der Waals surface area (Å²) in [5.74, 6) is 2.18. The van der Waals surface area contributed by atoms with Crippen LogP contribution in [0.1, 0.15) is 0 Å². The van der Waals surface area contributed by atoms with Crippen molar-refractivity contribution in [3.8, 4) is 0 Å². The van der Waals surface area contributed by atoms with Crippen molar-refractivity contribution in [2.24, 2.45) is 0 Å². The molecule has 0 radical (unpaired) electrons. The lowest BCUT2D eigenvalue weighted by atomic mass is 10.5. The van der Waals surface area contributed by atoms with Crippen molar-refractivity contribution < 1.29 is 14.0 Å². The third-order valence-electron chi connectivity index (χ3n) is 1.45. The van der Waals surface area contributed by atoms with E-state index in [1.54, 1.807) is 0 Å². The van der Waals surface area contributed by atoms with Crippen LogP contribution >= 0.6 is 20.0 Å². The quantitative estimate of drug-likeness (QED) is 0.672. The molecular weight excluding hydrogens is 185 g/mol. The highest BCUT2D eigenvalue weighted by Crippen LogP contribution is 2.16. The Hall–Kier alpha value is 0.330. The van der Waals surface area contributed by atoms with E-state index in [4.69, 9.17) is 4.89 Å². The van der Waals surface area contributed by atoms with Gasteiger partial charge in [-0.15, -0.1) is 9.42 Å². The first-order valence-corrected chi connectivity index (χ1v) is 5.66. The van der Waals surface area contributed by atoms with E-state index in [0.29, 0.717) is 0 Å². The lowest BCUT2D eigenvalue weighted by molar-refractivity contribution is 0.132. The molecule has 1 N–H and O–H groups in total. The van der Waals surface area contributed by atoms with E-state index in [1.165, 1.54) is 0 Å². The summed E-state index contributed by atoms with van der Waals surface area (Å²) in [6, 6.07) is 0. The maximum Gasteiger partial charge on any atom is 0.696 e. The molecule has 4 nitrogen and oxygen atoms in total. The Morgan fingerprint density at radius 2 is 2.18 bits per heavy atom. The minimum atomic E-state index is -2.42. The molecule has 0 aromatic rings. The fourth-order valence-electron chi connectivity index (χ4n) is 0.861. The van der Waals surface area contributed by atoms with Crippen LogP contribution < -0.4 is 0 Å². The molecule has 1 rings (SSSR count). The van der Waals surface area contributed by atoms with Crippen molar-refractivity contribution in [1.82, 2.24) is 4.90 Å². The van der Waals surface area contributed by atoms with Gasteiger partial charge in [0.15, 0.2) is 6.73 Å². The number of nitrogens with zero attached hydrogens (tertiary/aromatic N) is 1. The number of hydrogen-bond acceptors (Lipinski definition) is 4. The van der Waals surface area contributed by atoms with Gasteiger partial charge in [0.25, 0.3) is 0 Å². The summed E-state index contributed by atoms with van der Waals surface area (Å²) in [5, 5.41) is 0. The van der Waals surface area contributed by atoms with Gasteiger partial charge in [-0.3, -0.25) is 4.90 Å². The van der Waals surface area contributed by atoms with Crippen LogP contribution in [-0.4, -0.2) is 41.1 Å². The maximum absolute atomic E-state index is 10.1. The first kappa shape index (κ1) is 9.42. The fourth-order valence-corrected chi connectivity index (χ4v) is 2.10. The first-order valence-electron chi connectivity index (χ1n) is 3.38. The average Bonchev–Trinajstić information content (AvgIpc) is 2.03. The van der Waals surface area contributed by atoms with E-state index in [0.717, 1.165) is 24.6 Å². The van der Waals surface area contributed by atoms with Crippen molar-refractivity contribution in [2.75, 3.05) is 31.3 Å². The minimum absolute atomic E-state index is 0.284. The highest BCUT2D eigenvalue weighted by molar-refractivity contribution is 7.99. The smallest absolute Gasteiger partial charge is 0.275 e. The van der Waals surface area contributed by atoms with E-state index >= 15 is 0 Å². The molecule has 0 bridgehead atoms. The summed E-state index contributed by atoms with van der Waals surface area (Å²) < 4.78 is 14.7. The van der Waals surface area contributed by atoms with E-state index in [9.17, 15) is 4.57 Å². The van der Waals surface area contributed by atoms with Crippen molar-refractivity contribution >= 4 is 20.0 Å². The fraction of sp³-hybridized carbons (Fsp3) is 1.00. The molecule has 0 aromatic heterocycles. The van der Waals surface area contributed by atoms with Crippen LogP contribution in [0.15, 0.2) is 0 Å². The SMILES string of the molecule is O=[P+](O)OCN1CCSCC1. The molecule has 0 spiro atoms. The van der Waals surface area contributed by atoms with Gasteiger partial charge in [0.2, 0.25) is 0 Å². The highest BCUT2D eigenvalue weighted by Gasteiger charge is 2.17. The predicted molar refractivity (Wildman–Crippen MR) is 44.7 cm³/mol. The summed E-state index contributed by atoms with van der Waals surface area (Å²) in [5.41, 5.74) is 0. The predicted octanol–water partition coefficient (Wildman–Crippen LogP) is 0.659. The molecule has 1 atom stereocenters. The standard InChI is InChI=1S/C5H10NO3PS/c7-10(8)9-5-6-1-3-11-4-2-6/h1-5H2/p+1. The van der Waals surface area contributed by atoms with Gasteiger partial charge in [-0.1, -0.05) is 0 Å². The molecule has 1 aliphatic rings. The molecule has 1 fully saturated rings. The van der Waals surface area contributed by atoms with Gasteiger partial charge >= 0.3 is 8.25 Å². The second kappa shape index (κ2) is 5.06. The van der Waals surface area contributed by atoms with Crippen molar-refractivity contribution in [3.05, 3.63) is 0 Å². The molecule has 64 valence electrons. The molecule has 0 aromatic carbocycles. The van der Waals surface area contributed by atoms with Crippen LogP contribution in [0.4, 0.5) is 0 Å². The van der Waals surface area contributed by atoms with Crippen LogP contribution in [0.25, 0.3) is 0 Å². The zero-order chi connectivity index (χ0) is 8.10. The van der Waals surface area contributed by atoms with Crippen LogP contribution in [0, 0.1) is 0 Å². The van der Waals surface area contributed by atoms with Crippen LogP contribution in [0.2, 0.25) is 0 Å². The zero-order valence-corrected chi connectivity index (χ0v) is 7.81. The van der Waals surface area contributed by atoms with Gasteiger partial charge in [-0.25, -0.2) is 0 Å². The number of thioether (sulfide) groups is 1. The summed E-state index contributed by atoms with van der Waals surface area (Å²) in [6.45, 7) is 2.19. The van der Waals surface area contributed by atoms with E-state index < -0.39 is 8.25 Å². The second-order valence-electron chi connectivity index (χ2n) is 2.23. The van der Waals surface area contributed by atoms with Gasteiger partial charge in [0.1, 0.15) is 0 Å². The van der Waals surface area contributed by atoms with Crippen molar-refractivity contribution in [3.63, 3.8) is 0 Å². The maximum atomic E-state index is 10.1. The van der Waals surface area contributed by atoms with Crippen LogP contribution in [-0.2, 0) is 9.09 Å². The summed E-state index contributed by atoms with van der Waals surface area (Å²) in [6.07, 6.45) is 0. The molecule has 0 saturated carbocycles. The monoisotopic (exact) mass is 196 g/mol. The van der Waals surface area contributed by atoms with Gasteiger partial charge in [0, 0.05) is 29.2 Å². The number of rotatable bonds is 3. The Bertz CT molecular complexity index is 140. The molecule has 6 heteroatoms. The molecule has 1 heterocycles. The van der Waals surface area contributed by atoms with E-state index in [2.05, 4.69) is 4.52 Å². The summed E-state index contributed by atoms with van der Waals surface area (Å²) >= 11 is 1.90. The average molecular weight is 196 g/mol. The van der Waals surface area contributed by atoms with E-state index in [-0.39, 0.29) is 6.73 Å². The lowest BCUT2D eigenvalue weighted by Crippen LogP contribution is -2.33. The third-order valence-corrected chi connectivity index (χ3v) is 2.73. The van der Waals surface area contributed by atoms with Crippen LogP contribution in [0.3, 0.4) is 0 Å². The van der Waals surface area contributed by atoms with Gasteiger partial charge < -0.3 is 0 Å². The Labute approximate surface area is 70.9 Å². The Balaban J connectivity index is 2.09. The molecule has 1 aliphatic heterocycles. The van der Waals surface area contributed by atoms with Crippen molar-refractivity contribution in [1.29, 1.82) is 0 Å². The molecule has 1 unspecified atom stereocenters. The Morgan fingerprint density at radius 1 is 1.55 bits per heavy atom. The highest BCUT2D eigenvalue weighted by atomic mass is 32.2. The summed E-state index contributed by atoms with van der Waals surface area (Å²) in [4.78, 5) is 10.4. The van der Waals surface area contributed by atoms with Gasteiger partial charge in [0.05, 0.1) is 0 Å². The minimum Gasteiger partial charge on any atom is -0.275 e. The van der Waals surface area contributed by atoms with Gasteiger partial charge in [-0.05, 0) is 0 Å².